The molecule has 1 aromatic carbocycles. The summed E-state index contributed by atoms with van der Waals surface area (Å²) in [6, 6.07) is 2.84. The molecule has 0 N–H and O–H groups in total. The van der Waals surface area contributed by atoms with Gasteiger partial charge in [0.2, 0.25) is 0 Å². The molecule has 0 aliphatic carbocycles. The van der Waals surface area contributed by atoms with E-state index in [2.05, 4.69) is 0 Å². The van der Waals surface area contributed by atoms with Gasteiger partial charge in [-0.1, -0.05) is 61.5 Å². The first-order valence-corrected chi connectivity index (χ1v) is 8.51. The lowest BCUT2D eigenvalue weighted by Crippen LogP contribution is -2.16. The highest BCUT2D eigenvalue weighted by atomic mass is 35.5. The minimum atomic E-state index is -0.615. The van der Waals surface area contributed by atoms with Gasteiger partial charge >= 0.3 is 11.9 Å². The van der Waals surface area contributed by atoms with Gasteiger partial charge in [0.05, 0.1) is 29.5 Å². The van der Waals surface area contributed by atoms with Crippen LogP contribution in [0.15, 0.2) is 12.1 Å². The molecule has 0 fully saturated rings. The number of carbonyl (C=O) groups is 2. The largest absolute Gasteiger partial charge is 0.465 e. The molecule has 1 rings (SSSR count). The second-order valence-electron chi connectivity index (χ2n) is 5.04. The van der Waals surface area contributed by atoms with Crippen molar-refractivity contribution in [3.8, 4) is 5.75 Å². The number of rotatable bonds is 8. The smallest absolute Gasteiger partial charge is 0.311 e. The second-order valence-corrected chi connectivity index (χ2v) is 6.29. The van der Waals surface area contributed by atoms with E-state index in [4.69, 9.17) is 44.3 Å². The van der Waals surface area contributed by atoms with Crippen LogP contribution in [0.2, 0.25) is 15.1 Å². The van der Waals surface area contributed by atoms with E-state index in [0.29, 0.717) is 17.5 Å². The fraction of sp³-hybridized carbons (Fsp3) is 0.500. The molecule has 0 heterocycles. The average Bonchev–Trinajstić information content (AvgIpc) is 2.49. The van der Waals surface area contributed by atoms with Gasteiger partial charge in [0.1, 0.15) is 0 Å². The SMILES string of the molecule is CCC(CC)COC(=O)CCC(=O)Oc1c(Cl)cc(Cl)cc1Cl. The fourth-order valence-electron chi connectivity index (χ4n) is 1.80. The molecule has 0 bridgehead atoms. The van der Waals surface area contributed by atoms with Crippen LogP contribution >= 0.6 is 34.8 Å². The summed E-state index contributed by atoms with van der Waals surface area (Å²) in [6.07, 6.45) is 1.72. The molecule has 4 nitrogen and oxygen atoms in total. The highest BCUT2D eigenvalue weighted by molar-refractivity contribution is 6.40. The molecule has 0 amide bonds. The van der Waals surface area contributed by atoms with Crippen molar-refractivity contribution in [1.29, 1.82) is 0 Å². The van der Waals surface area contributed by atoms with Crippen LogP contribution in [0.3, 0.4) is 0 Å². The van der Waals surface area contributed by atoms with Crippen molar-refractivity contribution < 1.29 is 19.1 Å². The molecule has 0 spiro atoms. The van der Waals surface area contributed by atoms with E-state index in [9.17, 15) is 9.59 Å². The Labute approximate surface area is 151 Å². The maximum atomic E-state index is 11.8. The molecule has 0 saturated carbocycles. The Hall–Kier alpha value is -0.970. The van der Waals surface area contributed by atoms with Crippen LogP contribution in [-0.4, -0.2) is 18.5 Å². The molecule has 0 radical (unpaired) electrons. The molecule has 0 atom stereocenters. The summed E-state index contributed by atoms with van der Waals surface area (Å²) >= 11 is 17.6. The summed E-state index contributed by atoms with van der Waals surface area (Å²) in [4.78, 5) is 23.4. The molecule has 1 aromatic rings. The van der Waals surface area contributed by atoms with Crippen LogP contribution in [0.5, 0.6) is 5.75 Å². The quantitative estimate of drug-likeness (QED) is 0.452. The first kappa shape index (κ1) is 20.1. The van der Waals surface area contributed by atoms with E-state index >= 15 is 0 Å². The molecule has 23 heavy (non-hydrogen) atoms. The topological polar surface area (TPSA) is 52.6 Å². The minimum absolute atomic E-state index is 0.0353. The van der Waals surface area contributed by atoms with Crippen LogP contribution in [0.1, 0.15) is 39.5 Å². The normalized spacial score (nSPS) is 10.7. The average molecular weight is 382 g/mol. The van der Waals surface area contributed by atoms with Gasteiger partial charge in [-0.05, 0) is 18.1 Å². The van der Waals surface area contributed by atoms with Gasteiger partial charge in [-0.3, -0.25) is 9.59 Å². The van der Waals surface area contributed by atoms with Gasteiger partial charge in [0, 0.05) is 5.02 Å². The van der Waals surface area contributed by atoms with Crippen LogP contribution in [0, 0.1) is 5.92 Å². The number of benzene rings is 1. The van der Waals surface area contributed by atoms with Gasteiger partial charge in [0.25, 0.3) is 0 Å². The van der Waals surface area contributed by atoms with Crippen molar-refractivity contribution in [2.24, 2.45) is 5.92 Å². The maximum absolute atomic E-state index is 11.8. The molecule has 0 aliphatic heterocycles. The number of halogens is 3. The van der Waals surface area contributed by atoms with Gasteiger partial charge < -0.3 is 9.47 Å². The molecule has 7 heteroatoms. The molecule has 0 aliphatic rings. The lowest BCUT2D eigenvalue weighted by atomic mass is 10.1. The van der Waals surface area contributed by atoms with Crippen molar-refractivity contribution >= 4 is 46.7 Å². The summed E-state index contributed by atoms with van der Waals surface area (Å²) in [5.41, 5.74) is 0. The number of hydrogen-bond donors (Lipinski definition) is 0. The Bertz CT molecular complexity index is 533. The van der Waals surface area contributed by atoms with E-state index in [1.165, 1.54) is 12.1 Å². The van der Waals surface area contributed by atoms with E-state index in [1.807, 2.05) is 13.8 Å². The van der Waals surface area contributed by atoms with Crippen molar-refractivity contribution in [1.82, 2.24) is 0 Å². The number of carbonyl (C=O) groups excluding carboxylic acids is 2. The third-order valence-electron chi connectivity index (χ3n) is 3.35. The van der Waals surface area contributed by atoms with Gasteiger partial charge in [-0.15, -0.1) is 0 Å². The zero-order chi connectivity index (χ0) is 17.4. The third kappa shape index (κ3) is 6.98. The predicted molar refractivity (Wildman–Crippen MR) is 91.4 cm³/mol. The highest BCUT2D eigenvalue weighted by Gasteiger charge is 2.16. The van der Waals surface area contributed by atoms with Crippen molar-refractivity contribution in [3.63, 3.8) is 0 Å². The summed E-state index contributed by atoms with van der Waals surface area (Å²) in [7, 11) is 0. The van der Waals surface area contributed by atoms with E-state index in [1.54, 1.807) is 0 Å². The third-order valence-corrected chi connectivity index (χ3v) is 4.13. The molecule has 128 valence electrons. The summed E-state index contributed by atoms with van der Waals surface area (Å²) in [5.74, 6) is -0.663. The van der Waals surface area contributed by atoms with E-state index < -0.39 is 11.9 Å². The van der Waals surface area contributed by atoms with Crippen molar-refractivity contribution in [2.45, 2.75) is 39.5 Å². The number of esters is 2. The van der Waals surface area contributed by atoms with Crippen LogP contribution in [0.25, 0.3) is 0 Å². The van der Waals surface area contributed by atoms with Crippen LogP contribution < -0.4 is 4.74 Å². The predicted octanol–water partition coefficient (Wildman–Crippen LogP) is 5.31. The molecular weight excluding hydrogens is 363 g/mol. The van der Waals surface area contributed by atoms with Crippen molar-refractivity contribution in [3.05, 3.63) is 27.2 Å². The van der Waals surface area contributed by atoms with Crippen LogP contribution in [-0.2, 0) is 14.3 Å². The Balaban J connectivity index is 2.44. The van der Waals surface area contributed by atoms with Gasteiger partial charge in [0.15, 0.2) is 5.75 Å². The molecule has 0 saturated heterocycles. The standard InChI is InChI=1S/C16H19Cl3O4/c1-3-10(4-2)9-22-14(20)5-6-15(21)23-16-12(18)7-11(17)8-13(16)19/h7-8,10H,3-6,9H2,1-2H3. The minimum Gasteiger partial charge on any atom is -0.465 e. The first-order chi connectivity index (χ1) is 10.9. The van der Waals surface area contributed by atoms with E-state index in [-0.39, 0.29) is 28.6 Å². The Kier molecular flexibility index (Phi) is 8.74. The summed E-state index contributed by atoms with van der Waals surface area (Å²) in [6.45, 7) is 4.45. The summed E-state index contributed by atoms with van der Waals surface area (Å²) in [5, 5.41) is 0.601. The molecule has 0 unspecified atom stereocenters. The zero-order valence-electron chi connectivity index (χ0n) is 13.0. The highest BCUT2D eigenvalue weighted by Crippen LogP contribution is 2.36. The van der Waals surface area contributed by atoms with Gasteiger partial charge in [-0.2, -0.15) is 0 Å². The summed E-state index contributed by atoms with van der Waals surface area (Å²) < 4.78 is 10.2. The zero-order valence-corrected chi connectivity index (χ0v) is 15.3. The molecular formula is C16H19Cl3O4. The van der Waals surface area contributed by atoms with Crippen molar-refractivity contribution in [2.75, 3.05) is 6.61 Å². The van der Waals surface area contributed by atoms with Gasteiger partial charge in [-0.25, -0.2) is 0 Å². The number of ether oxygens (including phenoxy) is 2. The van der Waals surface area contributed by atoms with E-state index in [0.717, 1.165) is 12.8 Å². The Morgan fingerprint density at radius 1 is 1.00 bits per heavy atom. The second kappa shape index (κ2) is 10.0. The maximum Gasteiger partial charge on any atom is 0.311 e. The fourth-order valence-corrected chi connectivity index (χ4v) is 2.70. The lowest BCUT2D eigenvalue weighted by molar-refractivity contribution is -0.148. The van der Waals surface area contributed by atoms with Crippen LogP contribution in [0.4, 0.5) is 0 Å². The monoisotopic (exact) mass is 380 g/mol. The Morgan fingerprint density at radius 2 is 1.52 bits per heavy atom. The lowest BCUT2D eigenvalue weighted by Gasteiger charge is -2.12. The first-order valence-electron chi connectivity index (χ1n) is 7.38. The number of hydrogen-bond acceptors (Lipinski definition) is 4. The molecule has 0 aromatic heterocycles. The Morgan fingerprint density at radius 3 is 2.04 bits per heavy atom.